The Morgan fingerprint density at radius 2 is 1.79 bits per heavy atom. The van der Waals surface area contributed by atoms with Crippen LogP contribution in [0.5, 0.6) is 5.75 Å². The van der Waals surface area contributed by atoms with Crippen molar-refractivity contribution in [3.63, 3.8) is 0 Å². The van der Waals surface area contributed by atoms with Crippen molar-refractivity contribution in [1.82, 2.24) is 0 Å². The van der Waals surface area contributed by atoms with Gasteiger partial charge in [-0.2, -0.15) is 0 Å². The SMILES string of the molecule is C/C=C(/C)C(=O)O[C@H]1c2c(ccc3ccc(=O)oc23)OC(C)(C)[C@H]1OC(C)=O. The van der Waals surface area contributed by atoms with Gasteiger partial charge < -0.3 is 18.6 Å². The third kappa shape index (κ3) is 3.52. The summed E-state index contributed by atoms with van der Waals surface area (Å²) < 4.78 is 22.7. The molecule has 0 unspecified atom stereocenters. The third-order valence-corrected chi connectivity index (χ3v) is 4.69. The van der Waals surface area contributed by atoms with E-state index < -0.39 is 35.4 Å². The van der Waals surface area contributed by atoms with Crippen LogP contribution in [0.3, 0.4) is 0 Å². The molecule has 1 aliphatic heterocycles. The predicted octanol–water partition coefficient (Wildman–Crippen LogP) is 3.45. The summed E-state index contributed by atoms with van der Waals surface area (Å²) in [7, 11) is 0. The lowest BCUT2D eigenvalue weighted by Gasteiger charge is -2.43. The topological polar surface area (TPSA) is 92.0 Å². The van der Waals surface area contributed by atoms with Crippen LogP contribution in [0.15, 0.2) is 45.1 Å². The lowest BCUT2D eigenvalue weighted by atomic mass is 9.87. The van der Waals surface area contributed by atoms with Crippen LogP contribution in [0.25, 0.3) is 11.0 Å². The average molecular weight is 386 g/mol. The predicted molar refractivity (Wildman–Crippen MR) is 101 cm³/mol. The Morgan fingerprint density at radius 1 is 1.11 bits per heavy atom. The van der Waals surface area contributed by atoms with Crippen molar-refractivity contribution in [3.05, 3.63) is 51.9 Å². The maximum atomic E-state index is 12.5. The van der Waals surface area contributed by atoms with Gasteiger partial charge in [0, 0.05) is 23.9 Å². The van der Waals surface area contributed by atoms with E-state index in [1.54, 1.807) is 52.0 Å². The molecular formula is C21H22O7. The van der Waals surface area contributed by atoms with Crippen LogP contribution in [0.2, 0.25) is 0 Å². The first-order chi connectivity index (χ1) is 13.1. The van der Waals surface area contributed by atoms with E-state index in [9.17, 15) is 14.4 Å². The van der Waals surface area contributed by atoms with E-state index in [-0.39, 0.29) is 5.58 Å². The molecule has 7 nitrogen and oxygen atoms in total. The second-order valence-corrected chi connectivity index (χ2v) is 7.18. The Balaban J connectivity index is 2.25. The van der Waals surface area contributed by atoms with Crippen LogP contribution in [-0.2, 0) is 19.1 Å². The van der Waals surface area contributed by atoms with Crippen molar-refractivity contribution in [2.24, 2.45) is 0 Å². The fourth-order valence-electron chi connectivity index (χ4n) is 3.18. The number of rotatable bonds is 3. The quantitative estimate of drug-likeness (QED) is 0.453. The van der Waals surface area contributed by atoms with Crippen molar-refractivity contribution in [3.8, 4) is 5.75 Å². The Morgan fingerprint density at radius 3 is 2.43 bits per heavy atom. The molecule has 28 heavy (non-hydrogen) atoms. The minimum Gasteiger partial charge on any atom is -0.483 e. The highest BCUT2D eigenvalue weighted by Gasteiger charge is 2.49. The number of hydrogen-bond acceptors (Lipinski definition) is 7. The summed E-state index contributed by atoms with van der Waals surface area (Å²) in [6, 6.07) is 6.37. The highest BCUT2D eigenvalue weighted by molar-refractivity contribution is 5.89. The van der Waals surface area contributed by atoms with Crippen LogP contribution in [0.1, 0.15) is 46.3 Å². The van der Waals surface area contributed by atoms with Gasteiger partial charge in [-0.25, -0.2) is 9.59 Å². The summed E-state index contributed by atoms with van der Waals surface area (Å²) in [5, 5.41) is 0.632. The Hall–Kier alpha value is -3.09. The molecule has 2 aromatic rings. The van der Waals surface area contributed by atoms with Gasteiger partial charge in [-0.1, -0.05) is 6.08 Å². The smallest absolute Gasteiger partial charge is 0.336 e. The number of carbonyl (C=O) groups excluding carboxylic acids is 2. The third-order valence-electron chi connectivity index (χ3n) is 4.69. The molecule has 0 N–H and O–H groups in total. The van der Waals surface area contributed by atoms with E-state index in [4.69, 9.17) is 18.6 Å². The molecule has 2 heterocycles. The first-order valence-corrected chi connectivity index (χ1v) is 8.91. The second-order valence-electron chi connectivity index (χ2n) is 7.18. The molecule has 3 rings (SSSR count). The van der Waals surface area contributed by atoms with E-state index >= 15 is 0 Å². The molecule has 0 aliphatic carbocycles. The zero-order valence-corrected chi connectivity index (χ0v) is 16.4. The maximum absolute atomic E-state index is 12.5. The molecule has 148 valence electrons. The van der Waals surface area contributed by atoms with Crippen molar-refractivity contribution in [2.75, 3.05) is 0 Å². The molecular weight excluding hydrogens is 364 g/mol. The molecule has 1 aromatic heterocycles. The lowest BCUT2D eigenvalue weighted by Crippen LogP contribution is -2.52. The summed E-state index contributed by atoms with van der Waals surface area (Å²) in [6.07, 6.45) is -0.334. The van der Waals surface area contributed by atoms with Gasteiger partial charge in [0.05, 0.1) is 5.56 Å². The van der Waals surface area contributed by atoms with Gasteiger partial charge in [-0.05, 0) is 45.9 Å². The van der Waals surface area contributed by atoms with Gasteiger partial charge in [0.1, 0.15) is 16.9 Å². The Bertz CT molecular complexity index is 1030. The molecule has 0 fully saturated rings. The van der Waals surface area contributed by atoms with Gasteiger partial charge in [-0.15, -0.1) is 0 Å². The van der Waals surface area contributed by atoms with Gasteiger partial charge in [0.25, 0.3) is 0 Å². The van der Waals surface area contributed by atoms with Gasteiger partial charge in [0.2, 0.25) is 0 Å². The number of carbonyl (C=O) groups is 2. The number of ether oxygens (including phenoxy) is 3. The summed E-state index contributed by atoms with van der Waals surface area (Å²) in [5.74, 6) is -0.717. The molecule has 7 heteroatoms. The van der Waals surface area contributed by atoms with Crippen LogP contribution in [0, 0.1) is 0 Å². The van der Waals surface area contributed by atoms with E-state index in [0.717, 1.165) is 0 Å². The normalized spacial score (nSPS) is 20.8. The number of allylic oxidation sites excluding steroid dienone is 1. The fourth-order valence-corrected chi connectivity index (χ4v) is 3.18. The number of benzene rings is 1. The molecule has 1 aliphatic rings. The van der Waals surface area contributed by atoms with Crippen LogP contribution in [-0.4, -0.2) is 23.6 Å². The summed E-state index contributed by atoms with van der Waals surface area (Å²) >= 11 is 0. The average Bonchev–Trinajstić information content (AvgIpc) is 2.62. The maximum Gasteiger partial charge on any atom is 0.336 e. The molecule has 0 spiro atoms. The summed E-state index contributed by atoms with van der Waals surface area (Å²) in [4.78, 5) is 36.1. The monoisotopic (exact) mass is 386 g/mol. The van der Waals surface area contributed by atoms with Gasteiger partial charge >= 0.3 is 17.6 Å². The molecule has 0 amide bonds. The number of hydrogen-bond donors (Lipinski definition) is 0. The molecule has 2 atom stereocenters. The number of esters is 2. The second kappa shape index (κ2) is 7.14. The van der Waals surface area contributed by atoms with E-state index in [1.807, 2.05) is 0 Å². The van der Waals surface area contributed by atoms with E-state index in [0.29, 0.717) is 22.3 Å². The molecule has 0 bridgehead atoms. The summed E-state index contributed by atoms with van der Waals surface area (Å²) in [6.45, 7) is 8.08. The molecule has 0 saturated carbocycles. The standard InChI is InChI=1S/C21H22O7/c1-6-11(2)20(24)27-18-16-14(28-21(4,5)19(18)25-12(3)22)9-7-13-8-10-15(23)26-17(13)16/h6-10,18-19H,1-5H3/b11-6-/t18-,19-/m0/s1. The van der Waals surface area contributed by atoms with Crippen LogP contribution in [0.4, 0.5) is 0 Å². The van der Waals surface area contributed by atoms with E-state index in [1.165, 1.54) is 13.0 Å². The first-order valence-electron chi connectivity index (χ1n) is 8.91. The Kier molecular flexibility index (Phi) is 5.02. The first kappa shape index (κ1) is 19.7. The molecule has 0 radical (unpaired) electrons. The highest BCUT2D eigenvalue weighted by Crippen LogP contribution is 2.46. The zero-order chi connectivity index (χ0) is 20.6. The fraction of sp³-hybridized carbons (Fsp3) is 0.381. The van der Waals surface area contributed by atoms with Crippen LogP contribution >= 0.6 is 0 Å². The van der Waals surface area contributed by atoms with Crippen LogP contribution < -0.4 is 10.4 Å². The minimum absolute atomic E-state index is 0.230. The molecule has 1 aromatic carbocycles. The van der Waals surface area contributed by atoms with Gasteiger partial charge in [-0.3, -0.25) is 4.79 Å². The zero-order valence-electron chi connectivity index (χ0n) is 16.4. The number of fused-ring (bicyclic) bond motifs is 3. The van der Waals surface area contributed by atoms with E-state index in [2.05, 4.69) is 0 Å². The minimum atomic E-state index is -1.01. The molecule has 0 saturated heterocycles. The van der Waals surface area contributed by atoms with Crippen molar-refractivity contribution in [1.29, 1.82) is 0 Å². The van der Waals surface area contributed by atoms with Crippen molar-refractivity contribution >= 4 is 22.9 Å². The summed E-state index contributed by atoms with van der Waals surface area (Å²) in [5.41, 5.74) is -0.555. The lowest BCUT2D eigenvalue weighted by molar-refractivity contribution is -0.186. The van der Waals surface area contributed by atoms with Crippen molar-refractivity contribution < 1.29 is 28.2 Å². The van der Waals surface area contributed by atoms with Crippen molar-refractivity contribution in [2.45, 2.75) is 52.4 Å². The Labute approximate surface area is 161 Å². The largest absolute Gasteiger partial charge is 0.483 e. The van der Waals surface area contributed by atoms with Gasteiger partial charge in [0.15, 0.2) is 12.2 Å². The highest BCUT2D eigenvalue weighted by atomic mass is 16.6.